The fourth-order valence-corrected chi connectivity index (χ4v) is 4.07. The van der Waals surface area contributed by atoms with Gasteiger partial charge >= 0.3 is 0 Å². The Morgan fingerprint density at radius 2 is 2.29 bits per heavy atom. The zero-order valence-corrected chi connectivity index (χ0v) is 14.1. The number of amides is 1. The molecule has 3 heterocycles. The van der Waals surface area contributed by atoms with Gasteiger partial charge in [0.2, 0.25) is 5.91 Å². The van der Waals surface area contributed by atoms with Crippen LogP contribution in [0, 0.1) is 5.41 Å². The summed E-state index contributed by atoms with van der Waals surface area (Å²) >= 11 is 1.81. The van der Waals surface area contributed by atoms with Crippen molar-refractivity contribution in [1.29, 1.82) is 0 Å². The molecule has 0 bridgehead atoms. The van der Waals surface area contributed by atoms with E-state index in [4.69, 9.17) is 5.73 Å². The van der Waals surface area contributed by atoms with Crippen molar-refractivity contribution < 1.29 is 4.79 Å². The van der Waals surface area contributed by atoms with Gasteiger partial charge in [0.25, 0.3) is 0 Å². The SMILES string of the molecule is CC1(CN)CCN(CC(=O)N2CCc3sccc3C2)C1.Cl. The van der Waals surface area contributed by atoms with Gasteiger partial charge in [-0.1, -0.05) is 6.92 Å². The number of carbonyl (C=O) groups excluding carboxylic acids is 1. The lowest BCUT2D eigenvalue weighted by atomic mass is 9.90. The molecule has 1 atom stereocenters. The van der Waals surface area contributed by atoms with Gasteiger partial charge in [-0.15, -0.1) is 23.7 Å². The van der Waals surface area contributed by atoms with Gasteiger partial charge < -0.3 is 10.6 Å². The Morgan fingerprint density at radius 1 is 1.48 bits per heavy atom. The lowest BCUT2D eigenvalue weighted by molar-refractivity contribution is -0.133. The molecule has 21 heavy (non-hydrogen) atoms. The maximum Gasteiger partial charge on any atom is 0.237 e. The van der Waals surface area contributed by atoms with Gasteiger partial charge in [0.1, 0.15) is 0 Å². The number of carbonyl (C=O) groups is 1. The summed E-state index contributed by atoms with van der Waals surface area (Å²) in [6, 6.07) is 2.15. The van der Waals surface area contributed by atoms with Crippen LogP contribution < -0.4 is 5.73 Å². The minimum Gasteiger partial charge on any atom is -0.337 e. The Balaban J connectivity index is 0.00000161. The van der Waals surface area contributed by atoms with Gasteiger partial charge in [-0.2, -0.15) is 0 Å². The molecule has 2 aliphatic rings. The summed E-state index contributed by atoms with van der Waals surface area (Å²) in [5.74, 6) is 0.267. The molecule has 0 saturated carbocycles. The third-order valence-electron chi connectivity index (χ3n) is 4.65. The van der Waals surface area contributed by atoms with Crippen LogP contribution >= 0.6 is 23.7 Å². The summed E-state index contributed by atoms with van der Waals surface area (Å²) in [7, 11) is 0. The Kier molecular flexibility index (Phi) is 5.30. The summed E-state index contributed by atoms with van der Waals surface area (Å²) in [4.78, 5) is 18.2. The normalized spacial score (nSPS) is 25.5. The Bertz CT molecular complexity index is 507. The van der Waals surface area contributed by atoms with E-state index >= 15 is 0 Å². The fourth-order valence-electron chi connectivity index (χ4n) is 3.18. The van der Waals surface area contributed by atoms with Crippen molar-refractivity contribution in [1.82, 2.24) is 9.80 Å². The van der Waals surface area contributed by atoms with Crippen LogP contribution in [0.3, 0.4) is 0 Å². The highest BCUT2D eigenvalue weighted by Crippen LogP contribution is 2.29. The lowest BCUT2D eigenvalue weighted by Crippen LogP contribution is -2.42. The average Bonchev–Trinajstić information content (AvgIpc) is 3.05. The molecule has 1 fully saturated rings. The number of likely N-dealkylation sites (tertiary alicyclic amines) is 1. The van der Waals surface area contributed by atoms with Gasteiger partial charge in [0, 0.05) is 24.5 Å². The predicted octanol–water partition coefficient (Wildman–Crippen LogP) is 1.73. The van der Waals surface area contributed by atoms with Crippen LogP contribution in [0.5, 0.6) is 0 Å². The molecule has 6 heteroatoms. The molecule has 1 unspecified atom stereocenters. The number of nitrogens with two attached hydrogens (primary N) is 1. The molecule has 1 amide bonds. The van der Waals surface area contributed by atoms with Crippen LogP contribution in [-0.2, 0) is 17.8 Å². The van der Waals surface area contributed by atoms with Crippen molar-refractivity contribution in [3.8, 4) is 0 Å². The number of thiophene rings is 1. The quantitative estimate of drug-likeness (QED) is 0.918. The Labute approximate surface area is 136 Å². The van der Waals surface area contributed by atoms with E-state index in [2.05, 4.69) is 23.3 Å². The summed E-state index contributed by atoms with van der Waals surface area (Å²) in [6.45, 7) is 7.09. The number of halogens is 1. The highest BCUT2D eigenvalue weighted by Gasteiger charge is 2.34. The first-order valence-electron chi connectivity index (χ1n) is 7.35. The molecule has 1 aromatic heterocycles. The molecule has 0 aromatic carbocycles. The second-order valence-corrected chi connectivity index (χ2v) is 7.41. The molecule has 1 saturated heterocycles. The third-order valence-corrected chi connectivity index (χ3v) is 5.67. The Hall–Kier alpha value is -0.620. The van der Waals surface area contributed by atoms with E-state index < -0.39 is 0 Å². The second-order valence-electron chi connectivity index (χ2n) is 6.41. The number of rotatable bonds is 3. The summed E-state index contributed by atoms with van der Waals surface area (Å²) < 4.78 is 0. The average molecular weight is 330 g/mol. The first-order chi connectivity index (χ1) is 9.59. The Morgan fingerprint density at radius 3 is 3.00 bits per heavy atom. The molecular weight excluding hydrogens is 306 g/mol. The van der Waals surface area contributed by atoms with Crippen LogP contribution in [0.4, 0.5) is 0 Å². The van der Waals surface area contributed by atoms with Gasteiger partial charge in [0.05, 0.1) is 6.54 Å². The molecule has 2 aliphatic heterocycles. The van der Waals surface area contributed by atoms with E-state index in [-0.39, 0.29) is 23.7 Å². The summed E-state index contributed by atoms with van der Waals surface area (Å²) in [5, 5.41) is 2.13. The third kappa shape index (κ3) is 3.59. The van der Waals surface area contributed by atoms with Crippen molar-refractivity contribution >= 4 is 29.7 Å². The van der Waals surface area contributed by atoms with E-state index in [0.29, 0.717) is 13.1 Å². The number of fused-ring (bicyclic) bond motifs is 1. The number of nitrogens with zero attached hydrogens (tertiary/aromatic N) is 2. The van der Waals surface area contributed by atoms with Gasteiger partial charge in [-0.25, -0.2) is 0 Å². The molecule has 0 radical (unpaired) electrons. The molecule has 118 valence electrons. The monoisotopic (exact) mass is 329 g/mol. The van der Waals surface area contributed by atoms with E-state index in [9.17, 15) is 4.79 Å². The molecule has 0 aliphatic carbocycles. The van der Waals surface area contributed by atoms with Crippen LogP contribution in [0.1, 0.15) is 23.8 Å². The maximum atomic E-state index is 12.4. The topological polar surface area (TPSA) is 49.6 Å². The fraction of sp³-hybridized carbons (Fsp3) is 0.667. The standard InChI is InChI=1S/C15H23N3OS.ClH/c1-15(10-16)4-6-17(11-15)9-14(19)18-5-2-13-12(8-18)3-7-20-13;/h3,7H,2,4-6,8-11,16H2,1H3;1H. The predicted molar refractivity (Wildman–Crippen MR) is 88.9 cm³/mol. The second kappa shape index (κ2) is 6.65. The van der Waals surface area contributed by atoms with Crippen molar-refractivity contribution in [2.75, 3.05) is 32.7 Å². The van der Waals surface area contributed by atoms with E-state index in [1.54, 1.807) is 0 Å². The van der Waals surface area contributed by atoms with Crippen molar-refractivity contribution in [3.05, 3.63) is 21.9 Å². The zero-order valence-electron chi connectivity index (χ0n) is 12.5. The largest absolute Gasteiger partial charge is 0.337 e. The molecule has 2 N–H and O–H groups in total. The van der Waals surface area contributed by atoms with E-state index in [0.717, 1.165) is 39.0 Å². The highest BCUT2D eigenvalue weighted by atomic mass is 35.5. The molecule has 4 nitrogen and oxygen atoms in total. The first kappa shape index (κ1) is 16.7. The van der Waals surface area contributed by atoms with Crippen molar-refractivity contribution in [2.24, 2.45) is 11.1 Å². The minimum absolute atomic E-state index is 0. The molecule has 1 aromatic rings. The minimum atomic E-state index is 0. The lowest BCUT2D eigenvalue weighted by Gasteiger charge is -2.29. The smallest absolute Gasteiger partial charge is 0.237 e. The number of hydrogen-bond acceptors (Lipinski definition) is 4. The van der Waals surface area contributed by atoms with E-state index in [1.807, 2.05) is 16.2 Å². The van der Waals surface area contributed by atoms with Crippen molar-refractivity contribution in [2.45, 2.75) is 26.3 Å². The van der Waals surface area contributed by atoms with Crippen LogP contribution in [-0.4, -0.2) is 48.4 Å². The maximum absolute atomic E-state index is 12.4. The highest BCUT2D eigenvalue weighted by molar-refractivity contribution is 7.10. The van der Waals surface area contributed by atoms with Crippen LogP contribution in [0.15, 0.2) is 11.4 Å². The van der Waals surface area contributed by atoms with E-state index in [1.165, 1.54) is 10.4 Å². The van der Waals surface area contributed by atoms with Gasteiger partial charge in [0.15, 0.2) is 0 Å². The summed E-state index contributed by atoms with van der Waals surface area (Å²) in [6.07, 6.45) is 2.12. The van der Waals surface area contributed by atoms with Crippen LogP contribution in [0.25, 0.3) is 0 Å². The zero-order chi connectivity index (χ0) is 14.2. The molecule has 0 spiro atoms. The van der Waals surface area contributed by atoms with Crippen LogP contribution in [0.2, 0.25) is 0 Å². The van der Waals surface area contributed by atoms with Gasteiger partial charge in [-0.3, -0.25) is 9.69 Å². The van der Waals surface area contributed by atoms with Gasteiger partial charge in [-0.05, 0) is 48.4 Å². The first-order valence-corrected chi connectivity index (χ1v) is 8.23. The summed E-state index contributed by atoms with van der Waals surface area (Å²) in [5.41, 5.74) is 7.36. The molecular formula is C15H24ClN3OS. The number of hydrogen-bond donors (Lipinski definition) is 1. The van der Waals surface area contributed by atoms with Crippen molar-refractivity contribution in [3.63, 3.8) is 0 Å². The molecule has 3 rings (SSSR count).